The second-order valence-corrected chi connectivity index (χ2v) is 3.60. The zero-order valence-electron chi connectivity index (χ0n) is 7.92. The van der Waals surface area contributed by atoms with Gasteiger partial charge in [0.2, 0.25) is 0 Å². The lowest BCUT2D eigenvalue weighted by Crippen LogP contribution is -2.04. The number of benzene rings is 1. The molecule has 0 bridgehead atoms. The van der Waals surface area contributed by atoms with Gasteiger partial charge in [-0.05, 0) is 25.1 Å². The SMILES string of the molecule is Cc1cc(=O)[nH]n1-c1ccc(F)c(Cl)c1. The molecule has 0 fully saturated rings. The average molecular weight is 227 g/mol. The summed E-state index contributed by atoms with van der Waals surface area (Å²) in [4.78, 5) is 11.1. The van der Waals surface area contributed by atoms with Gasteiger partial charge in [0.25, 0.3) is 5.56 Å². The molecule has 1 heterocycles. The van der Waals surface area contributed by atoms with Gasteiger partial charge in [-0.3, -0.25) is 14.6 Å². The van der Waals surface area contributed by atoms with E-state index in [4.69, 9.17) is 11.6 Å². The highest BCUT2D eigenvalue weighted by Crippen LogP contribution is 2.18. The first kappa shape index (κ1) is 9.98. The molecule has 1 aromatic carbocycles. The van der Waals surface area contributed by atoms with Crippen molar-refractivity contribution in [2.24, 2.45) is 0 Å². The number of nitrogens with one attached hydrogen (secondary N) is 1. The molecule has 15 heavy (non-hydrogen) atoms. The Balaban J connectivity index is 2.59. The quantitative estimate of drug-likeness (QED) is 0.796. The molecule has 0 radical (unpaired) electrons. The number of aromatic nitrogens is 2. The molecule has 3 nitrogen and oxygen atoms in total. The third-order valence-electron chi connectivity index (χ3n) is 2.08. The van der Waals surface area contributed by atoms with Crippen LogP contribution in [0.3, 0.4) is 0 Å². The average Bonchev–Trinajstić information content (AvgIpc) is 2.50. The summed E-state index contributed by atoms with van der Waals surface area (Å²) in [7, 11) is 0. The highest BCUT2D eigenvalue weighted by molar-refractivity contribution is 6.30. The molecule has 1 aromatic heterocycles. The minimum Gasteiger partial charge on any atom is -0.268 e. The van der Waals surface area contributed by atoms with E-state index in [0.29, 0.717) is 5.69 Å². The number of aromatic amines is 1. The Kier molecular flexibility index (Phi) is 2.36. The number of H-pyrrole nitrogens is 1. The zero-order valence-corrected chi connectivity index (χ0v) is 8.68. The van der Waals surface area contributed by atoms with Gasteiger partial charge < -0.3 is 0 Å². The Morgan fingerprint density at radius 2 is 2.13 bits per heavy atom. The maximum absolute atomic E-state index is 12.9. The van der Waals surface area contributed by atoms with Crippen LogP contribution in [0, 0.1) is 12.7 Å². The fraction of sp³-hybridized carbons (Fsp3) is 0.100. The molecule has 0 amide bonds. The van der Waals surface area contributed by atoms with Crippen molar-refractivity contribution < 1.29 is 4.39 Å². The van der Waals surface area contributed by atoms with E-state index in [1.54, 1.807) is 17.7 Å². The molecule has 1 N–H and O–H groups in total. The van der Waals surface area contributed by atoms with Crippen molar-refractivity contribution in [2.45, 2.75) is 6.92 Å². The molecule has 0 aliphatic heterocycles. The number of hydrogen-bond acceptors (Lipinski definition) is 1. The van der Waals surface area contributed by atoms with Crippen molar-refractivity contribution in [1.82, 2.24) is 9.78 Å². The van der Waals surface area contributed by atoms with E-state index >= 15 is 0 Å². The van der Waals surface area contributed by atoms with Crippen LogP contribution < -0.4 is 5.56 Å². The summed E-state index contributed by atoms with van der Waals surface area (Å²) in [5.74, 6) is -0.479. The van der Waals surface area contributed by atoms with Gasteiger partial charge in [0.05, 0.1) is 10.7 Å². The summed E-state index contributed by atoms with van der Waals surface area (Å²) >= 11 is 5.64. The Hall–Kier alpha value is -1.55. The van der Waals surface area contributed by atoms with E-state index in [1.165, 1.54) is 18.2 Å². The first-order chi connectivity index (χ1) is 7.08. The van der Waals surface area contributed by atoms with Gasteiger partial charge in [0.1, 0.15) is 5.82 Å². The van der Waals surface area contributed by atoms with Gasteiger partial charge in [-0.2, -0.15) is 0 Å². The molecule has 0 unspecified atom stereocenters. The van der Waals surface area contributed by atoms with E-state index in [1.807, 2.05) is 0 Å². The van der Waals surface area contributed by atoms with E-state index < -0.39 is 5.82 Å². The number of halogens is 2. The standard InChI is InChI=1S/C10H8ClFN2O/c1-6-4-10(15)13-14(6)7-2-3-9(12)8(11)5-7/h2-5H,1H3,(H,13,15). The molecular weight excluding hydrogens is 219 g/mol. The second-order valence-electron chi connectivity index (χ2n) is 3.20. The summed E-state index contributed by atoms with van der Waals surface area (Å²) in [5.41, 5.74) is 1.16. The molecule has 0 aliphatic rings. The molecular formula is C10H8ClFN2O. The lowest BCUT2D eigenvalue weighted by molar-refractivity contribution is 0.627. The van der Waals surface area contributed by atoms with Crippen molar-refractivity contribution in [1.29, 1.82) is 0 Å². The van der Waals surface area contributed by atoms with Crippen LogP contribution in [0.1, 0.15) is 5.69 Å². The van der Waals surface area contributed by atoms with Crippen molar-refractivity contribution >= 4 is 11.6 Å². The second kappa shape index (κ2) is 3.55. The molecule has 0 saturated carbocycles. The van der Waals surface area contributed by atoms with Gasteiger partial charge in [0, 0.05) is 11.8 Å². The highest BCUT2D eigenvalue weighted by Gasteiger charge is 2.05. The molecule has 78 valence electrons. The van der Waals surface area contributed by atoms with Crippen LogP contribution in [0.15, 0.2) is 29.1 Å². The molecule has 2 aromatic rings. The van der Waals surface area contributed by atoms with Gasteiger partial charge in [0.15, 0.2) is 0 Å². The molecule has 0 aliphatic carbocycles. The summed E-state index contributed by atoms with van der Waals surface area (Å²) < 4.78 is 14.5. The molecule has 0 atom stereocenters. The van der Waals surface area contributed by atoms with Crippen LogP contribution in [0.2, 0.25) is 5.02 Å². The Labute approximate surface area is 90.1 Å². The smallest absolute Gasteiger partial charge is 0.264 e. The number of nitrogens with zero attached hydrogens (tertiary/aromatic N) is 1. The molecule has 0 spiro atoms. The maximum Gasteiger partial charge on any atom is 0.264 e. The topological polar surface area (TPSA) is 37.8 Å². The van der Waals surface area contributed by atoms with Crippen molar-refractivity contribution in [3.63, 3.8) is 0 Å². The van der Waals surface area contributed by atoms with Crippen LogP contribution in [0.5, 0.6) is 0 Å². The number of hydrogen-bond donors (Lipinski definition) is 1. The monoisotopic (exact) mass is 226 g/mol. The van der Waals surface area contributed by atoms with Crippen LogP contribution in [-0.2, 0) is 0 Å². The zero-order chi connectivity index (χ0) is 11.0. The normalized spacial score (nSPS) is 10.6. The van der Waals surface area contributed by atoms with Gasteiger partial charge in [-0.15, -0.1) is 0 Å². The van der Waals surface area contributed by atoms with Gasteiger partial charge >= 0.3 is 0 Å². The van der Waals surface area contributed by atoms with Gasteiger partial charge in [-0.1, -0.05) is 11.6 Å². The van der Waals surface area contributed by atoms with Crippen molar-refractivity contribution in [3.8, 4) is 5.69 Å². The fourth-order valence-electron chi connectivity index (χ4n) is 1.38. The lowest BCUT2D eigenvalue weighted by atomic mass is 10.3. The summed E-state index contributed by atoms with van der Waals surface area (Å²) in [6.45, 7) is 1.77. The van der Waals surface area contributed by atoms with Crippen LogP contribution in [0.4, 0.5) is 4.39 Å². The maximum atomic E-state index is 12.9. The Morgan fingerprint density at radius 3 is 2.67 bits per heavy atom. The largest absolute Gasteiger partial charge is 0.268 e. The number of aryl methyl sites for hydroxylation is 1. The first-order valence-corrected chi connectivity index (χ1v) is 4.70. The third kappa shape index (κ3) is 1.80. The van der Waals surface area contributed by atoms with Crippen LogP contribution in [0.25, 0.3) is 5.69 Å². The molecule has 0 saturated heterocycles. The number of rotatable bonds is 1. The Bertz CT molecular complexity index is 559. The van der Waals surface area contributed by atoms with E-state index in [9.17, 15) is 9.18 Å². The van der Waals surface area contributed by atoms with Crippen molar-refractivity contribution in [2.75, 3.05) is 0 Å². The predicted molar refractivity (Wildman–Crippen MR) is 56.1 cm³/mol. The molecule has 2 rings (SSSR count). The van der Waals surface area contributed by atoms with Crippen molar-refractivity contribution in [3.05, 3.63) is 51.2 Å². The van der Waals surface area contributed by atoms with E-state index in [-0.39, 0.29) is 10.6 Å². The highest BCUT2D eigenvalue weighted by atomic mass is 35.5. The third-order valence-corrected chi connectivity index (χ3v) is 2.37. The molecule has 5 heteroatoms. The van der Waals surface area contributed by atoms with Crippen LogP contribution in [-0.4, -0.2) is 9.78 Å². The minimum absolute atomic E-state index is 0.0291. The Morgan fingerprint density at radius 1 is 1.40 bits per heavy atom. The first-order valence-electron chi connectivity index (χ1n) is 4.32. The summed E-state index contributed by atoms with van der Waals surface area (Å²) in [5, 5.41) is 2.62. The summed E-state index contributed by atoms with van der Waals surface area (Å²) in [6, 6.07) is 5.72. The van der Waals surface area contributed by atoms with E-state index in [0.717, 1.165) is 5.69 Å². The van der Waals surface area contributed by atoms with Crippen LogP contribution >= 0.6 is 11.6 Å². The van der Waals surface area contributed by atoms with E-state index in [2.05, 4.69) is 5.10 Å². The van der Waals surface area contributed by atoms with Gasteiger partial charge in [-0.25, -0.2) is 4.39 Å². The fourth-order valence-corrected chi connectivity index (χ4v) is 1.55. The summed E-state index contributed by atoms with van der Waals surface area (Å²) in [6.07, 6.45) is 0. The lowest BCUT2D eigenvalue weighted by Gasteiger charge is -2.05. The minimum atomic E-state index is -0.479. The predicted octanol–water partition coefficient (Wildman–Crippen LogP) is 2.27.